The van der Waals surface area contributed by atoms with E-state index >= 15 is 0 Å². The third-order valence-electron chi connectivity index (χ3n) is 4.22. The zero-order chi connectivity index (χ0) is 20.7. The lowest BCUT2D eigenvalue weighted by Gasteiger charge is -2.23. The van der Waals surface area contributed by atoms with Gasteiger partial charge in [-0.3, -0.25) is 4.99 Å². The van der Waals surface area contributed by atoms with Crippen LogP contribution in [0.5, 0.6) is 0 Å². The van der Waals surface area contributed by atoms with Crippen molar-refractivity contribution in [2.24, 2.45) is 4.99 Å². The Labute approximate surface area is 188 Å². The summed E-state index contributed by atoms with van der Waals surface area (Å²) < 4.78 is 32.4. The maximum absolute atomic E-state index is 13.8. The Kier molecular flexibility index (Phi) is 10.1. The molecular weight excluding hydrogens is 493 g/mol. The minimum Gasteiger partial charge on any atom is -0.444 e. The number of benzene rings is 1. The fourth-order valence-electron chi connectivity index (χ4n) is 2.99. The number of carbonyl (C=O) groups is 1. The fourth-order valence-corrected chi connectivity index (χ4v) is 2.99. The van der Waals surface area contributed by atoms with Gasteiger partial charge in [-0.2, -0.15) is 0 Å². The average molecular weight is 524 g/mol. The molecule has 1 heterocycles. The van der Waals surface area contributed by atoms with Gasteiger partial charge in [-0.05, 0) is 52.2 Å². The maximum atomic E-state index is 13.8. The highest BCUT2D eigenvalue weighted by Crippen LogP contribution is 2.14. The molecule has 0 aromatic heterocycles. The van der Waals surface area contributed by atoms with Crippen LogP contribution in [0, 0.1) is 11.6 Å². The van der Waals surface area contributed by atoms with E-state index in [2.05, 4.69) is 15.6 Å². The van der Waals surface area contributed by atoms with Gasteiger partial charge >= 0.3 is 6.09 Å². The van der Waals surface area contributed by atoms with E-state index in [-0.39, 0.29) is 30.0 Å². The molecular formula is C20H31F2IN4O2. The maximum Gasteiger partial charge on any atom is 0.407 e. The van der Waals surface area contributed by atoms with E-state index in [1.807, 2.05) is 32.6 Å². The molecule has 1 aliphatic heterocycles. The lowest BCUT2D eigenvalue weighted by Crippen LogP contribution is -2.44. The molecule has 0 radical (unpaired) electrons. The van der Waals surface area contributed by atoms with E-state index in [9.17, 15) is 13.6 Å². The van der Waals surface area contributed by atoms with Crippen LogP contribution < -0.4 is 10.6 Å². The van der Waals surface area contributed by atoms with Crippen LogP contribution in [0.2, 0.25) is 0 Å². The molecule has 1 aromatic rings. The lowest BCUT2D eigenvalue weighted by atomic mass is 10.1. The Bertz CT molecular complexity index is 710. The summed E-state index contributed by atoms with van der Waals surface area (Å²) in [7, 11) is 0. The van der Waals surface area contributed by atoms with Gasteiger partial charge in [0.2, 0.25) is 0 Å². The second-order valence-electron chi connectivity index (χ2n) is 7.78. The Balaban J connectivity index is 0.00000420. The molecule has 1 amide bonds. The minimum absolute atomic E-state index is 0. The van der Waals surface area contributed by atoms with Crippen LogP contribution in [0.1, 0.15) is 39.7 Å². The first-order valence-electron chi connectivity index (χ1n) is 9.65. The van der Waals surface area contributed by atoms with Gasteiger partial charge in [0.05, 0.1) is 6.04 Å². The topological polar surface area (TPSA) is 66.0 Å². The number of carbonyl (C=O) groups excluding carboxylic acids is 1. The summed E-state index contributed by atoms with van der Waals surface area (Å²) in [4.78, 5) is 18.5. The van der Waals surface area contributed by atoms with Crippen LogP contribution in [-0.2, 0) is 11.2 Å². The van der Waals surface area contributed by atoms with E-state index in [0.29, 0.717) is 37.6 Å². The van der Waals surface area contributed by atoms with Crippen LogP contribution in [0.15, 0.2) is 23.2 Å². The minimum atomic E-state index is -0.844. The molecule has 1 aromatic carbocycles. The fraction of sp³-hybridized carbons (Fsp3) is 0.600. The average Bonchev–Trinajstić information content (AvgIpc) is 3.04. The van der Waals surface area contributed by atoms with Gasteiger partial charge in [-0.15, -0.1) is 24.0 Å². The van der Waals surface area contributed by atoms with Crippen LogP contribution >= 0.6 is 24.0 Å². The Morgan fingerprint density at radius 2 is 2.07 bits per heavy atom. The lowest BCUT2D eigenvalue weighted by molar-refractivity contribution is 0.0507. The van der Waals surface area contributed by atoms with Crippen molar-refractivity contribution >= 4 is 36.0 Å². The second kappa shape index (κ2) is 11.5. The molecule has 1 atom stereocenters. The van der Waals surface area contributed by atoms with Crippen molar-refractivity contribution in [1.82, 2.24) is 15.5 Å². The van der Waals surface area contributed by atoms with Crippen molar-refractivity contribution < 1.29 is 18.3 Å². The van der Waals surface area contributed by atoms with Crippen molar-refractivity contribution in [3.8, 4) is 0 Å². The van der Waals surface area contributed by atoms with Gasteiger partial charge in [0.1, 0.15) is 5.60 Å². The Morgan fingerprint density at radius 3 is 2.72 bits per heavy atom. The van der Waals surface area contributed by atoms with Gasteiger partial charge in [0.15, 0.2) is 17.6 Å². The van der Waals surface area contributed by atoms with Gasteiger partial charge in [-0.25, -0.2) is 13.6 Å². The van der Waals surface area contributed by atoms with Crippen molar-refractivity contribution in [2.45, 2.75) is 52.2 Å². The van der Waals surface area contributed by atoms with Crippen LogP contribution in [0.4, 0.5) is 13.6 Å². The number of rotatable bonds is 5. The van der Waals surface area contributed by atoms with E-state index in [1.54, 1.807) is 6.07 Å². The monoisotopic (exact) mass is 524 g/mol. The molecule has 2 rings (SSSR count). The van der Waals surface area contributed by atoms with Crippen molar-refractivity contribution in [3.63, 3.8) is 0 Å². The first-order valence-corrected chi connectivity index (χ1v) is 9.65. The summed E-state index contributed by atoms with van der Waals surface area (Å²) in [5.41, 5.74) is -0.226. The van der Waals surface area contributed by atoms with E-state index in [1.165, 1.54) is 6.07 Å². The summed E-state index contributed by atoms with van der Waals surface area (Å²) in [6.45, 7) is 9.81. The Hall–Kier alpha value is -1.65. The number of nitrogens with zero attached hydrogens (tertiary/aromatic N) is 2. The number of nitrogens with one attached hydrogen (secondary N) is 2. The number of hydrogen-bond acceptors (Lipinski definition) is 3. The summed E-state index contributed by atoms with van der Waals surface area (Å²) >= 11 is 0. The first-order chi connectivity index (χ1) is 13.2. The predicted octanol–water partition coefficient (Wildman–Crippen LogP) is 3.69. The highest BCUT2D eigenvalue weighted by molar-refractivity contribution is 14.0. The molecule has 0 spiro atoms. The molecule has 1 unspecified atom stereocenters. The van der Waals surface area contributed by atoms with E-state index < -0.39 is 23.3 Å². The third-order valence-corrected chi connectivity index (χ3v) is 4.22. The second-order valence-corrected chi connectivity index (χ2v) is 7.78. The van der Waals surface area contributed by atoms with Crippen molar-refractivity contribution in [1.29, 1.82) is 0 Å². The molecule has 0 aliphatic carbocycles. The number of likely N-dealkylation sites (tertiary alicyclic amines) is 1. The highest BCUT2D eigenvalue weighted by Gasteiger charge is 2.27. The smallest absolute Gasteiger partial charge is 0.407 e. The first kappa shape index (κ1) is 25.4. The molecule has 1 aliphatic rings. The zero-order valence-corrected chi connectivity index (χ0v) is 19.8. The van der Waals surface area contributed by atoms with Gasteiger partial charge < -0.3 is 20.3 Å². The SMILES string of the molecule is CCNC(=NCCc1cccc(F)c1F)N1CCC(NC(=O)OC(C)(C)C)C1.I. The van der Waals surface area contributed by atoms with Crippen LogP contribution in [0.3, 0.4) is 0 Å². The van der Waals surface area contributed by atoms with Crippen molar-refractivity contribution in [3.05, 3.63) is 35.4 Å². The molecule has 164 valence electrons. The standard InChI is InChI=1S/C20H30F2N4O2.HI/c1-5-23-18(24-11-9-14-7-6-8-16(21)17(14)22)26-12-10-15(13-26)25-19(27)28-20(2,3)4;/h6-8,15H,5,9-13H2,1-4H3,(H,23,24)(H,25,27);1H. The van der Waals surface area contributed by atoms with Crippen LogP contribution in [0.25, 0.3) is 0 Å². The molecule has 2 N–H and O–H groups in total. The molecule has 0 saturated carbocycles. The largest absolute Gasteiger partial charge is 0.444 e. The zero-order valence-electron chi connectivity index (χ0n) is 17.4. The Morgan fingerprint density at radius 1 is 1.34 bits per heavy atom. The molecule has 6 nitrogen and oxygen atoms in total. The number of alkyl carbamates (subject to hydrolysis) is 1. The molecule has 1 saturated heterocycles. The van der Waals surface area contributed by atoms with Gasteiger partial charge in [-0.1, -0.05) is 12.1 Å². The summed E-state index contributed by atoms with van der Waals surface area (Å²) in [6, 6.07) is 4.14. The van der Waals surface area contributed by atoms with Gasteiger partial charge in [0, 0.05) is 26.2 Å². The number of ether oxygens (including phenoxy) is 1. The van der Waals surface area contributed by atoms with E-state index in [4.69, 9.17) is 4.74 Å². The third kappa shape index (κ3) is 8.31. The molecule has 9 heteroatoms. The highest BCUT2D eigenvalue weighted by atomic mass is 127. The number of halogens is 3. The molecule has 1 fully saturated rings. The number of amides is 1. The quantitative estimate of drug-likeness (QED) is 0.351. The van der Waals surface area contributed by atoms with Crippen molar-refractivity contribution in [2.75, 3.05) is 26.2 Å². The number of guanidine groups is 1. The molecule has 29 heavy (non-hydrogen) atoms. The predicted molar refractivity (Wildman–Crippen MR) is 121 cm³/mol. The van der Waals surface area contributed by atoms with E-state index in [0.717, 1.165) is 19.0 Å². The number of aliphatic imine (C=N–C) groups is 1. The summed E-state index contributed by atoms with van der Waals surface area (Å²) in [5, 5.41) is 6.09. The normalized spacial score (nSPS) is 17.0. The number of hydrogen-bond donors (Lipinski definition) is 2. The summed E-state index contributed by atoms with van der Waals surface area (Å²) in [6.07, 6.45) is 0.663. The molecule has 0 bridgehead atoms. The van der Waals surface area contributed by atoms with Crippen LogP contribution in [-0.4, -0.2) is 54.8 Å². The summed E-state index contributed by atoms with van der Waals surface area (Å²) in [5.74, 6) is -0.956. The van der Waals surface area contributed by atoms with Gasteiger partial charge in [0.25, 0.3) is 0 Å².